The summed E-state index contributed by atoms with van der Waals surface area (Å²) in [6, 6.07) is 10.4. The number of carbonyl (C=O) groups is 1. The second kappa shape index (κ2) is 6.52. The number of nitrogens with zero attached hydrogens (tertiary/aromatic N) is 1. The second-order valence-electron chi connectivity index (χ2n) is 4.84. The lowest BCUT2D eigenvalue weighted by Gasteiger charge is -2.20. The van der Waals surface area contributed by atoms with Crippen molar-refractivity contribution in [3.63, 3.8) is 0 Å². The molecule has 102 valence electrons. The second-order valence-corrected chi connectivity index (χ2v) is 5.23. The molecular formula is C14H19N3OS. The zero-order valence-corrected chi connectivity index (χ0v) is 11.9. The Hall–Kier alpha value is -1.62. The Balaban J connectivity index is 1.71. The van der Waals surface area contributed by atoms with Crippen LogP contribution in [-0.4, -0.2) is 35.6 Å². The van der Waals surface area contributed by atoms with Crippen molar-refractivity contribution in [1.82, 2.24) is 15.5 Å². The summed E-state index contributed by atoms with van der Waals surface area (Å²) in [5.41, 5.74) is 1.17. The van der Waals surface area contributed by atoms with E-state index in [1.165, 1.54) is 5.56 Å². The van der Waals surface area contributed by atoms with E-state index in [0.29, 0.717) is 24.2 Å². The lowest BCUT2D eigenvalue weighted by molar-refractivity contribution is -0.121. The highest BCUT2D eigenvalue weighted by Crippen LogP contribution is 2.18. The summed E-state index contributed by atoms with van der Waals surface area (Å²) in [6.45, 7) is 0.978. The van der Waals surface area contributed by atoms with Crippen LogP contribution in [-0.2, 0) is 11.3 Å². The fourth-order valence-electron chi connectivity index (χ4n) is 1.70. The molecule has 0 heterocycles. The molecule has 2 rings (SSSR count). The quantitative estimate of drug-likeness (QED) is 0.796. The molecule has 0 saturated heterocycles. The number of amides is 1. The van der Waals surface area contributed by atoms with E-state index < -0.39 is 0 Å². The molecule has 5 heteroatoms. The highest BCUT2D eigenvalue weighted by atomic mass is 32.1. The molecule has 1 aromatic carbocycles. The van der Waals surface area contributed by atoms with Crippen LogP contribution in [0, 0.1) is 0 Å². The first-order valence-electron chi connectivity index (χ1n) is 6.47. The maximum atomic E-state index is 11.6. The summed E-state index contributed by atoms with van der Waals surface area (Å²) in [7, 11) is 1.83. The molecule has 19 heavy (non-hydrogen) atoms. The minimum absolute atomic E-state index is 0.0360. The summed E-state index contributed by atoms with van der Waals surface area (Å²) in [6.07, 6.45) is 2.21. The van der Waals surface area contributed by atoms with Crippen LogP contribution < -0.4 is 10.6 Å². The topological polar surface area (TPSA) is 44.4 Å². The van der Waals surface area contributed by atoms with Gasteiger partial charge < -0.3 is 15.5 Å². The van der Waals surface area contributed by atoms with E-state index in [1.54, 1.807) is 4.90 Å². The molecule has 0 atom stereocenters. The molecule has 0 unspecified atom stereocenters. The van der Waals surface area contributed by atoms with Crippen molar-refractivity contribution < 1.29 is 4.79 Å². The predicted molar refractivity (Wildman–Crippen MR) is 79.7 cm³/mol. The molecule has 0 radical (unpaired) electrons. The van der Waals surface area contributed by atoms with Crippen molar-refractivity contribution in [2.24, 2.45) is 0 Å². The van der Waals surface area contributed by atoms with E-state index in [0.717, 1.165) is 12.8 Å². The number of likely N-dealkylation sites (N-methyl/N-ethyl adjacent to an activating group) is 1. The minimum atomic E-state index is 0.0360. The van der Waals surface area contributed by atoms with Gasteiger partial charge in [0.05, 0.1) is 6.54 Å². The van der Waals surface area contributed by atoms with Gasteiger partial charge in [0.2, 0.25) is 5.91 Å². The number of nitrogens with one attached hydrogen (secondary N) is 2. The van der Waals surface area contributed by atoms with Crippen molar-refractivity contribution in [3.8, 4) is 0 Å². The van der Waals surface area contributed by atoms with Crippen LogP contribution in [0.5, 0.6) is 0 Å². The Bertz CT molecular complexity index is 445. The average Bonchev–Trinajstić information content (AvgIpc) is 3.20. The first-order chi connectivity index (χ1) is 9.15. The third-order valence-corrected chi connectivity index (χ3v) is 3.41. The van der Waals surface area contributed by atoms with Crippen LogP contribution in [0.4, 0.5) is 0 Å². The monoisotopic (exact) mass is 277 g/mol. The van der Waals surface area contributed by atoms with E-state index in [2.05, 4.69) is 10.6 Å². The van der Waals surface area contributed by atoms with E-state index in [9.17, 15) is 4.79 Å². The molecule has 1 aliphatic rings. The number of hydrogen-bond acceptors (Lipinski definition) is 2. The molecule has 0 bridgehead atoms. The molecule has 1 saturated carbocycles. The molecule has 2 N–H and O–H groups in total. The van der Waals surface area contributed by atoms with Gasteiger partial charge in [0.1, 0.15) is 0 Å². The Morgan fingerprint density at radius 3 is 2.68 bits per heavy atom. The van der Waals surface area contributed by atoms with Crippen molar-refractivity contribution in [2.75, 3.05) is 13.6 Å². The van der Waals surface area contributed by atoms with Gasteiger partial charge in [-0.05, 0) is 30.6 Å². The molecule has 1 aliphatic carbocycles. The zero-order chi connectivity index (χ0) is 13.7. The van der Waals surface area contributed by atoms with Gasteiger partial charge in [-0.2, -0.15) is 0 Å². The zero-order valence-electron chi connectivity index (χ0n) is 11.1. The van der Waals surface area contributed by atoms with E-state index in [4.69, 9.17) is 12.2 Å². The molecule has 4 nitrogen and oxygen atoms in total. The number of hydrogen-bond donors (Lipinski definition) is 2. The van der Waals surface area contributed by atoms with Gasteiger partial charge in [-0.3, -0.25) is 4.79 Å². The number of carbonyl (C=O) groups excluding carboxylic acids is 1. The number of rotatable bonds is 5. The van der Waals surface area contributed by atoms with Crippen LogP contribution in [0.3, 0.4) is 0 Å². The van der Waals surface area contributed by atoms with Gasteiger partial charge >= 0.3 is 0 Å². The molecule has 1 amide bonds. The fraction of sp³-hybridized carbons (Fsp3) is 0.429. The van der Waals surface area contributed by atoms with E-state index >= 15 is 0 Å². The lowest BCUT2D eigenvalue weighted by Crippen LogP contribution is -2.43. The van der Waals surface area contributed by atoms with Crippen LogP contribution in [0.25, 0.3) is 0 Å². The normalized spacial score (nSPS) is 13.7. The highest BCUT2D eigenvalue weighted by Gasteiger charge is 2.23. The summed E-state index contributed by atoms with van der Waals surface area (Å²) in [5.74, 6) is 0.0360. The van der Waals surface area contributed by atoms with Crippen LogP contribution >= 0.6 is 12.2 Å². The SMILES string of the molecule is CN(CC(=O)NC1CC1)C(=S)NCc1ccccc1. The molecule has 0 aliphatic heterocycles. The Labute approximate surface area is 119 Å². The number of benzene rings is 1. The number of thiocarbonyl (C=S) groups is 1. The molecular weight excluding hydrogens is 258 g/mol. The van der Waals surface area contributed by atoms with Crippen molar-refractivity contribution >= 4 is 23.2 Å². The molecule has 0 spiro atoms. The third-order valence-electron chi connectivity index (χ3n) is 2.96. The maximum absolute atomic E-state index is 11.6. The van der Waals surface area contributed by atoms with Crippen molar-refractivity contribution in [3.05, 3.63) is 35.9 Å². The predicted octanol–water partition coefficient (Wildman–Crippen LogP) is 1.27. The smallest absolute Gasteiger partial charge is 0.239 e. The van der Waals surface area contributed by atoms with Crippen LogP contribution in [0.2, 0.25) is 0 Å². The highest BCUT2D eigenvalue weighted by molar-refractivity contribution is 7.80. The first kappa shape index (κ1) is 13.8. The van der Waals surface area contributed by atoms with Gasteiger partial charge in [0.15, 0.2) is 5.11 Å². The van der Waals surface area contributed by atoms with Gasteiger partial charge in [0.25, 0.3) is 0 Å². The van der Waals surface area contributed by atoms with Crippen LogP contribution in [0.1, 0.15) is 18.4 Å². The summed E-state index contributed by atoms with van der Waals surface area (Å²) in [5, 5.41) is 6.69. The van der Waals surface area contributed by atoms with Crippen LogP contribution in [0.15, 0.2) is 30.3 Å². The summed E-state index contributed by atoms with van der Waals surface area (Å²) in [4.78, 5) is 13.4. The summed E-state index contributed by atoms with van der Waals surface area (Å²) < 4.78 is 0. The molecule has 0 aromatic heterocycles. The lowest BCUT2D eigenvalue weighted by atomic mass is 10.2. The fourth-order valence-corrected chi connectivity index (χ4v) is 1.83. The van der Waals surface area contributed by atoms with Gasteiger partial charge in [0, 0.05) is 19.6 Å². The van der Waals surface area contributed by atoms with Crippen molar-refractivity contribution in [2.45, 2.75) is 25.4 Å². The Morgan fingerprint density at radius 1 is 1.37 bits per heavy atom. The molecule has 1 fully saturated rings. The van der Waals surface area contributed by atoms with Gasteiger partial charge in [-0.15, -0.1) is 0 Å². The Kier molecular flexibility index (Phi) is 4.74. The first-order valence-corrected chi connectivity index (χ1v) is 6.88. The van der Waals surface area contributed by atoms with Gasteiger partial charge in [-0.1, -0.05) is 30.3 Å². The largest absolute Gasteiger partial charge is 0.358 e. The van der Waals surface area contributed by atoms with Gasteiger partial charge in [-0.25, -0.2) is 0 Å². The maximum Gasteiger partial charge on any atom is 0.239 e. The van der Waals surface area contributed by atoms with E-state index in [1.807, 2.05) is 37.4 Å². The Morgan fingerprint density at radius 2 is 2.05 bits per heavy atom. The average molecular weight is 277 g/mol. The standard InChI is InChI=1S/C14H19N3OS/c1-17(10-13(18)16-12-7-8-12)14(19)15-9-11-5-3-2-4-6-11/h2-6,12H,7-10H2,1H3,(H,15,19)(H,16,18). The van der Waals surface area contributed by atoms with E-state index in [-0.39, 0.29) is 5.91 Å². The summed E-state index contributed by atoms with van der Waals surface area (Å²) >= 11 is 5.26. The third kappa shape index (κ3) is 4.87. The van der Waals surface area contributed by atoms with Crippen molar-refractivity contribution in [1.29, 1.82) is 0 Å². The molecule has 1 aromatic rings. The minimum Gasteiger partial charge on any atom is -0.358 e.